The summed E-state index contributed by atoms with van der Waals surface area (Å²) in [6.45, 7) is 3.68. The van der Waals surface area contributed by atoms with Gasteiger partial charge in [-0.15, -0.1) is 0 Å². The van der Waals surface area contributed by atoms with Gasteiger partial charge in [0.25, 0.3) is 0 Å². The zero-order valence-electron chi connectivity index (χ0n) is 10.7. The van der Waals surface area contributed by atoms with Crippen LogP contribution in [0.2, 0.25) is 0 Å². The summed E-state index contributed by atoms with van der Waals surface area (Å²) in [5.74, 6) is -2.97. The first-order valence-corrected chi connectivity index (χ1v) is 5.50. The smallest absolute Gasteiger partial charge is 0.390 e. The molecule has 0 saturated carbocycles. The van der Waals surface area contributed by atoms with Gasteiger partial charge in [-0.1, -0.05) is 19.1 Å². The number of carbonyl (C=O) groups excluding carboxylic acids is 2. The lowest BCUT2D eigenvalue weighted by molar-refractivity contribution is -0.114. The molecule has 0 aliphatic heterocycles. The molecule has 0 saturated heterocycles. The second-order valence-corrected chi connectivity index (χ2v) is 3.62. The number of amides is 1. The van der Waals surface area contributed by atoms with E-state index in [1.807, 2.05) is 13.0 Å². The third kappa shape index (κ3) is 5.58. The average Bonchev–Trinajstić information content (AvgIpc) is 2.33. The van der Waals surface area contributed by atoms with Gasteiger partial charge in [0, 0.05) is 5.57 Å². The summed E-state index contributed by atoms with van der Waals surface area (Å²) in [4.78, 5) is 20.4. The highest BCUT2D eigenvalue weighted by atomic mass is 16.4. The highest BCUT2D eigenvalue weighted by molar-refractivity contribution is 5.91. The summed E-state index contributed by atoms with van der Waals surface area (Å²) in [6.07, 6.45) is 2.68. The molecule has 0 aliphatic carbocycles. The van der Waals surface area contributed by atoms with Gasteiger partial charge in [0.15, 0.2) is 11.5 Å². The number of hydrogen-bond acceptors (Lipinski definition) is 4. The van der Waals surface area contributed by atoms with Crippen molar-refractivity contribution in [3.8, 4) is 11.5 Å². The number of nitrogens with two attached hydrogens (primary N) is 1. The maximum atomic E-state index is 10.2. The van der Waals surface area contributed by atoms with Crippen molar-refractivity contribution in [1.29, 1.82) is 0 Å². The molecule has 1 radical (unpaired) electrons. The minimum atomic E-state index is -1.52. The highest BCUT2D eigenvalue weighted by Gasteiger charge is 2.13. The molecular weight excluding hydrogens is 250 g/mol. The van der Waals surface area contributed by atoms with Crippen LogP contribution in [0, 0.1) is 0 Å². The zero-order valence-corrected chi connectivity index (χ0v) is 10.7. The van der Waals surface area contributed by atoms with Gasteiger partial charge in [0.2, 0.25) is 5.91 Å². The van der Waals surface area contributed by atoms with Gasteiger partial charge in [-0.25, -0.2) is 9.90 Å². The lowest BCUT2D eigenvalue weighted by atomic mass is 10.2. The van der Waals surface area contributed by atoms with Crippen LogP contribution in [0.4, 0.5) is 0 Å². The molecule has 4 N–H and O–H groups in total. The monoisotopic (exact) mass is 266 g/mol. The number of aromatic hydroxyl groups is 2. The second kappa shape index (κ2) is 7.75. The number of phenols is 2. The van der Waals surface area contributed by atoms with E-state index in [1.165, 1.54) is 12.1 Å². The van der Waals surface area contributed by atoms with Crippen LogP contribution in [0.15, 0.2) is 29.8 Å². The van der Waals surface area contributed by atoms with Crippen LogP contribution >= 0.6 is 0 Å². The Hall–Kier alpha value is -2.50. The minimum absolute atomic E-state index is 0.327. The van der Waals surface area contributed by atoms with Gasteiger partial charge >= 0.3 is 5.97 Å². The third-order valence-electron chi connectivity index (χ3n) is 2.13. The summed E-state index contributed by atoms with van der Waals surface area (Å²) in [6, 6.07) is 3.63. The Balaban J connectivity index is 0.000000362. The molecule has 0 aliphatic rings. The van der Waals surface area contributed by atoms with E-state index >= 15 is 0 Å². The summed E-state index contributed by atoms with van der Waals surface area (Å²) >= 11 is 0. The van der Waals surface area contributed by atoms with Crippen LogP contribution in [0.5, 0.6) is 11.5 Å². The van der Waals surface area contributed by atoms with Crippen LogP contribution in [-0.4, -0.2) is 22.1 Å². The largest absolute Gasteiger partial charge is 0.504 e. The van der Waals surface area contributed by atoms with E-state index in [9.17, 15) is 14.7 Å². The van der Waals surface area contributed by atoms with Crippen LogP contribution in [0.25, 0.3) is 0 Å². The quantitative estimate of drug-likeness (QED) is 0.567. The summed E-state index contributed by atoms with van der Waals surface area (Å²) in [7, 11) is 0. The number of hydrogen-bond donors (Lipinski definition) is 3. The first-order valence-electron chi connectivity index (χ1n) is 5.50. The second-order valence-electron chi connectivity index (χ2n) is 3.62. The van der Waals surface area contributed by atoms with E-state index in [1.54, 1.807) is 6.92 Å². The summed E-state index contributed by atoms with van der Waals surface area (Å²) in [5.41, 5.74) is 5.15. The number of phenolic OH excluding ortho intramolecular Hbond substituents is 2. The summed E-state index contributed by atoms with van der Waals surface area (Å²) in [5, 5.41) is 27.9. The van der Waals surface area contributed by atoms with Gasteiger partial charge < -0.3 is 15.9 Å². The van der Waals surface area contributed by atoms with Crippen LogP contribution in [-0.2, 0) is 9.90 Å². The van der Waals surface area contributed by atoms with E-state index in [0.717, 1.165) is 12.5 Å². The van der Waals surface area contributed by atoms with Crippen molar-refractivity contribution < 1.29 is 24.9 Å². The number of benzene rings is 1. The lowest BCUT2D eigenvalue weighted by Gasteiger charge is -1.98. The van der Waals surface area contributed by atoms with Gasteiger partial charge in [0.05, 0.1) is 0 Å². The molecule has 0 aromatic heterocycles. The number of primary amides is 1. The van der Waals surface area contributed by atoms with Crippen molar-refractivity contribution in [2.75, 3.05) is 0 Å². The summed E-state index contributed by atoms with van der Waals surface area (Å²) < 4.78 is 0. The molecule has 1 amide bonds. The van der Waals surface area contributed by atoms with Gasteiger partial charge in [-0.05, 0) is 25.5 Å². The Bertz CT molecular complexity index is 494. The molecule has 1 aromatic carbocycles. The zero-order chi connectivity index (χ0) is 15.0. The highest BCUT2D eigenvalue weighted by Crippen LogP contribution is 2.27. The van der Waals surface area contributed by atoms with Gasteiger partial charge in [0.1, 0.15) is 5.56 Å². The Labute approximate surface area is 110 Å². The minimum Gasteiger partial charge on any atom is -0.504 e. The molecule has 19 heavy (non-hydrogen) atoms. The molecule has 1 rings (SSSR count). The Morgan fingerprint density at radius 3 is 2.21 bits per heavy atom. The molecule has 6 nitrogen and oxygen atoms in total. The van der Waals surface area contributed by atoms with E-state index in [-0.39, 0.29) is 5.91 Å². The molecule has 0 atom stereocenters. The molecule has 0 unspecified atom stereocenters. The van der Waals surface area contributed by atoms with Crippen LogP contribution in [0.1, 0.15) is 30.6 Å². The number of allylic oxidation sites excluding steroid dienone is 1. The SMILES string of the molecule is CCC=C(C)C(N)=O.[O]C(=O)c1cccc(O)c1O. The topological polar surface area (TPSA) is 121 Å². The predicted molar refractivity (Wildman–Crippen MR) is 68.0 cm³/mol. The van der Waals surface area contributed by atoms with E-state index in [4.69, 9.17) is 15.9 Å². The Morgan fingerprint density at radius 1 is 1.32 bits per heavy atom. The maximum Gasteiger partial charge on any atom is 0.390 e. The van der Waals surface area contributed by atoms with Crippen molar-refractivity contribution in [3.63, 3.8) is 0 Å². The molecule has 6 heteroatoms. The molecule has 0 heterocycles. The fourth-order valence-electron chi connectivity index (χ4n) is 1.10. The molecule has 0 bridgehead atoms. The molecule has 1 aromatic rings. The van der Waals surface area contributed by atoms with Crippen molar-refractivity contribution in [2.24, 2.45) is 5.73 Å². The molecule has 0 fully saturated rings. The number of carbonyl (C=O) groups is 2. The fourth-order valence-corrected chi connectivity index (χ4v) is 1.10. The normalized spacial score (nSPS) is 10.3. The number of para-hydroxylation sites is 1. The van der Waals surface area contributed by atoms with Crippen LogP contribution < -0.4 is 5.73 Å². The lowest BCUT2D eigenvalue weighted by Crippen LogP contribution is -2.11. The van der Waals surface area contributed by atoms with E-state index in [2.05, 4.69) is 0 Å². The molecule has 103 valence electrons. The molecule has 0 spiro atoms. The average molecular weight is 266 g/mol. The maximum absolute atomic E-state index is 10.2. The van der Waals surface area contributed by atoms with Crippen molar-refractivity contribution >= 4 is 11.9 Å². The van der Waals surface area contributed by atoms with E-state index in [0.29, 0.717) is 5.57 Å². The van der Waals surface area contributed by atoms with Gasteiger partial charge in [-0.3, -0.25) is 4.79 Å². The van der Waals surface area contributed by atoms with Crippen molar-refractivity contribution in [3.05, 3.63) is 35.4 Å². The van der Waals surface area contributed by atoms with Crippen molar-refractivity contribution in [1.82, 2.24) is 0 Å². The molecular formula is C13H16NO5. The standard InChI is InChI=1S/C7H5O4.C6H11NO/c8-5-3-1-2-4(6(5)9)7(10)11;1-3-4-5(2)6(7)8/h1-3,8-9H;4H,3H2,1-2H3,(H2,7,8). The van der Waals surface area contributed by atoms with Crippen LogP contribution in [0.3, 0.4) is 0 Å². The Kier molecular flexibility index (Phi) is 6.73. The number of rotatable bonds is 3. The third-order valence-corrected chi connectivity index (χ3v) is 2.13. The Morgan fingerprint density at radius 2 is 1.89 bits per heavy atom. The van der Waals surface area contributed by atoms with Gasteiger partial charge in [-0.2, -0.15) is 0 Å². The van der Waals surface area contributed by atoms with E-state index < -0.39 is 23.0 Å². The first kappa shape index (κ1) is 16.5. The van der Waals surface area contributed by atoms with Crippen molar-refractivity contribution in [2.45, 2.75) is 20.3 Å². The fraction of sp³-hybridized carbons (Fsp3) is 0.231. The predicted octanol–water partition coefficient (Wildman–Crippen LogP) is 1.50. The first-order chi connectivity index (χ1) is 8.81.